The summed E-state index contributed by atoms with van der Waals surface area (Å²) in [4.78, 5) is 7.39. The lowest BCUT2D eigenvalue weighted by Crippen LogP contribution is -2.16. The van der Waals surface area contributed by atoms with Crippen molar-refractivity contribution in [3.05, 3.63) is 30.4 Å². The Morgan fingerprint density at radius 2 is 2.17 bits per heavy atom. The van der Waals surface area contributed by atoms with Crippen LogP contribution in [0.25, 0.3) is 0 Å². The number of pyridine rings is 1. The number of anilines is 1. The van der Waals surface area contributed by atoms with Gasteiger partial charge >= 0.3 is 0 Å². The quantitative estimate of drug-likeness (QED) is 0.826. The molecule has 0 saturated carbocycles. The smallest absolute Gasteiger partial charge is 0.247 e. The van der Waals surface area contributed by atoms with Crippen LogP contribution in [0.5, 0.6) is 0 Å². The van der Waals surface area contributed by atoms with Crippen molar-refractivity contribution in [1.82, 2.24) is 19.7 Å². The van der Waals surface area contributed by atoms with E-state index in [1.165, 1.54) is 23.1 Å². The lowest BCUT2D eigenvalue weighted by Gasteiger charge is -2.06. The molecule has 2 aromatic heterocycles. The van der Waals surface area contributed by atoms with Crippen LogP contribution in [0.15, 0.2) is 29.6 Å². The fourth-order valence-electron chi connectivity index (χ4n) is 1.17. The van der Waals surface area contributed by atoms with E-state index in [0.29, 0.717) is 0 Å². The van der Waals surface area contributed by atoms with Gasteiger partial charge in [-0.1, -0.05) is 0 Å². The van der Waals surface area contributed by atoms with Crippen LogP contribution in [0.4, 0.5) is 5.95 Å². The van der Waals surface area contributed by atoms with Gasteiger partial charge in [0.15, 0.2) is 0 Å². The van der Waals surface area contributed by atoms with E-state index in [1.807, 2.05) is 6.07 Å². The number of aromatic nitrogens is 4. The second-order valence-electron chi connectivity index (χ2n) is 3.30. The van der Waals surface area contributed by atoms with Gasteiger partial charge in [0.1, 0.15) is 23.0 Å². The van der Waals surface area contributed by atoms with Crippen LogP contribution in [0.1, 0.15) is 5.69 Å². The molecule has 0 fully saturated rings. The van der Waals surface area contributed by atoms with Gasteiger partial charge in [0.25, 0.3) is 10.0 Å². The Bertz CT molecular complexity index is 697. The lowest BCUT2D eigenvalue weighted by atomic mass is 10.4. The first-order valence-corrected chi connectivity index (χ1v) is 6.24. The van der Waals surface area contributed by atoms with Gasteiger partial charge in [-0.05, 0) is 12.1 Å². The number of rotatable bonds is 3. The summed E-state index contributed by atoms with van der Waals surface area (Å²) in [5.74, 6) is 0.0966. The molecule has 0 aromatic carbocycles. The molecule has 0 aliphatic rings. The number of aryl methyl sites for hydroxylation is 1. The number of nitriles is 1. The Balaban J connectivity index is 2.31. The molecule has 2 rings (SSSR count). The highest BCUT2D eigenvalue weighted by Crippen LogP contribution is 2.12. The molecule has 0 bridgehead atoms. The molecular weight excluding hydrogens is 256 g/mol. The van der Waals surface area contributed by atoms with Crippen LogP contribution in [0, 0.1) is 11.3 Å². The summed E-state index contributed by atoms with van der Waals surface area (Å²) in [5, 5.41) is 12.3. The summed E-state index contributed by atoms with van der Waals surface area (Å²) in [5.41, 5.74) is 0.146. The van der Waals surface area contributed by atoms with Gasteiger partial charge in [-0.3, -0.25) is 0 Å². The summed E-state index contributed by atoms with van der Waals surface area (Å²) in [6.07, 6.45) is 2.34. The molecule has 0 saturated heterocycles. The van der Waals surface area contributed by atoms with Crippen LogP contribution in [-0.2, 0) is 17.1 Å². The molecule has 8 nitrogen and oxygen atoms in total. The van der Waals surface area contributed by atoms with Crippen molar-refractivity contribution in [1.29, 1.82) is 5.26 Å². The third-order valence-electron chi connectivity index (χ3n) is 2.10. The number of hydrogen-bond acceptors (Lipinski definition) is 6. The number of hydrogen-bond donors (Lipinski definition) is 1. The summed E-state index contributed by atoms with van der Waals surface area (Å²) < 4.78 is 27.4. The van der Waals surface area contributed by atoms with Crippen molar-refractivity contribution in [2.75, 3.05) is 4.72 Å². The number of nitrogens with one attached hydrogen (secondary N) is 1. The van der Waals surface area contributed by atoms with E-state index in [4.69, 9.17) is 5.26 Å². The fraction of sp³-hybridized carbons (Fsp3) is 0.111. The molecule has 0 aliphatic heterocycles. The van der Waals surface area contributed by atoms with Crippen molar-refractivity contribution in [2.45, 2.75) is 4.90 Å². The largest absolute Gasteiger partial charge is 0.265 e. The summed E-state index contributed by atoms with van der Waals surface area (Å²) >= 11 is 0. The highest BCUT2D eigenvalue weighted by molar-refractivity contribution is 7.92. The first-order valence-electron chi connectivity index (χ1n) is 4.76. The average molecular weight is 264 g/mol. The Hall–Kier alpha value is -2.47. The summed E-state index contributed by atoms with van der Waals surface area (Å²) in [6.45, 7) is 0. The van der Waals surface area contributed by atoms with E-state index >= 15 is 0 Å². The third-order valence-corrected chi connectivity index (χ3v) is 3.41. The second kappa shape index (κ2) is 4.42. The van der Waals surface area contributed by atoms with Crippen molar-refractivity contribution in [3.63, 3.8) is 0 Å². The molecule has 2 aromatic rings. The minimum Gasteiger partial charge on any atom is -0.247 e. The Kier molecular flexibility index (Phi) is 2.95. The van der Waals surface area contributed by atoms with Gasteiger partial charge in [-0.25, -0.2) is 22.8 Å². The van der Waals surface area contributed by atoms with E-state index in [1.54, 1.807) is 7.05 Å². The fourth-order valence-corrected chi connectivity index (χ4v) is 2.15. The first kappa shape index (κ1) is 12.0. The molecule has 0 amide bonds. The van der Waals surface area contributed by atoms with Crippen molar-refractivity contribution in [3.8, 4) is 6.07 Å². The maximum atomic E-state index is 11.9. The van der Waals surface area contributed by atoms with Gasteiger partial charge in [0.2, 0.25) is 5.95 Å². The minimum atomic E-state index is -3.78. The Labute approximate surface area is 103 Å². The standard InChI is InChI=1S/C9H8N6O2S/c1-15-9(12-6-13-15)14-18(16,17)8-3-2-7(4-10)11-5-8/h2-3,5-6H,1H3,(H,12,13,14). The van der Waals surface area contributed by atoms with E-state index < -0.39 is 10.0 Å². The molecule has 9 heteroatoms. The van der Waals surface area contributed by atoms with Crippen LogP contribution >= 0.6 is 0 Å². The van der Waals surface area contributed by atoms with Crippen molar-refractivity contribution >= 4 is 16.0 Å². The highest BCUT2D eigenvalue weighted by Gasteiger charge is 2.17. The monoisotopic (exact) mass is 264 g/mol. The first-order chi connectivity index (χ1) is 8.53. The summed E-state index contributed by atoms with van der Waals surface area (Å²) in [6, 6.07) is 4.43. The molecule has 0 aliphatic carbocycles. The van der Waals surface area contributed by atoms with E-state index in [9.17, 15) is 8.42 Å². The minimum absolute atomic E-state index is 0.0514. The predicted octanol–water partition coefficient (Wildman–Crippen LogP) is -0.117. The molecule has 0 atom stereocenters. The zero-order chi connectivity index (χ0) is 13.2. The van der Waals surface area contributed by atoms with Gasteiger partial charge in [-0.2, -0.15) is 15.3 Å². The topological polar surface area (TPSA) is 114 Å². The van der Waals surface area contributed by atoms with E-state index in [2.05, 4.69) is 19.8 Å². The Morgan fingerprint density at radius 3 is 2.67 bits per heavy atom. The van der Waals surface area contributed by atoms with Crippen LogP contribution in [0.3, 0.4) is 0 Å². The second-order valence-corrected chi connectivity index (χ2v) is 4.99. The van der Waals surface area contributed by atoms with Gasteiger partial charge in [-0.15, -0.1) is 0 Å². The molecular formula is C9H8N6O2S. The highest BCUT2D eigenvalue weighted by atomic mass is 32.2. The number of sulfonamides is 1. The Morgan fingerprint density at radius 1 is 1.39 bits per heavy atom. The molecule has 1 N–H and O–H groups in total. The van der Waals surface area contributed by atoms with E-state index in [0.717, 1.165) is 6.20 Å². The third kappa shape index (κ3) is 2.28. The normalized spacial score (nSPS) is 10.9. The van der Waals surface area contributed by atoms with Gasteiger partial charge in [0, 0.05) is 13.2 Å². The van der Waals surface area contributed by atoms with Crippen molar-refractivity contribution < 1.29 is 8.42 Å². The molecule has 0 radical (unpaired) electrons. The zero-order valence-electron chi connectivity index (χ0n) is 9.27. The molecule has 92 valence electrons. The predicted molar refractivity (Wildman–Crippen MR) is 60.8 cm³/mol. The average Bonchev–Trinajstić information content (AvgIpc) is 2.74. The molecule has 0 spiro atoms. The zero-order valence-corrected chi connectivity index (χ0v) is 10.1. The SMILES string of the molecule is Cn1ncnc1NS(=O)(=O)c1ccc(C#N)nc1. The van der Waals surface area contributed by atoms with Crippen LogP contribution in [0.2, 0.25) is 0 Å². The van der Waals surface area contributed by atoms with Gasteiger partial charge < -0.3 is 0 Å². The van der Waals surface area contributed by atoms with Gasteiger partial charge in [0.05, 0.1) is 0 Å². The van der Waals surface area contributed by atoms with E-state index in [-0.39, 0.29) is 16.5 Å². The lowest BCUT2D eigenvalue weighted by molar-refractivity contribution is 0.599. The van der Waals surface area contributed by atoms with Crippen molar-refractivity contribution in [2.24, 2.45) is 7.05 Å². The molecule has 0 unspecified atom stereocenters. The number of nitrogens with zero attached hydrogens (tertiary/aromatic N) is 5. The van der Waals surface area contributed by atoms with Crippen LogP contribution in [-0.4, -0.2) is 28.2 Å². The molecule has 2 heterocycles. The summed E-state index contributed by atoms with van der Waals surface area (Å²) in [7, 11) is -2.22. The maximum Gasteiger partial charge on any atom is 0.265 e. The van der Waals surface area contributed by atoms with Crippen LogP contribution < -0.4 is 4.72 Å². The molecule has 18 heavy (non-hydrogen) atoms. The maximum absolute atomic E-state index is 11.9.